The largest absolute Gasteiger partial charge is 0.471 e. The molecule has 1 aliphatic heterocycles. The summed E-state index contributed by atoms with van der Waals surface area (Å²) in [4.78, 5) is 38.4. The van der Waals surface area contributed by atoms with Crippen molar-refractivity contribution >= 4 is 44.4 Å². The van der Waals surface area contributed by atoms with E-state index in [4.69, 9.17) is 9.16 Å². The van der Waals surface area contributed by atoms with Crippen molar-refractivity contribution in [2.75, 3.05) is 18.4 Å². The van der Waals surface area contributed by atoms with Crippen molar-refractivity contribution in [2.45, 2.75) is 115 Å². The maximum absolute atomic E-state index is 15.2. The summed E-state index contributed by atoms with van der Waals surface area (Å²) in [5.74, 6) is -2.47. The number of carbonyl (C=O) groups is 2. The van der Waals surface area contributed by atoms with Crippen molar-refractivity contribution in [1.82, 2.24) is 29.5 Å². The molecular formula is C34H48F3N8O5PSi. The van der Waals surface area contributed by atoms with E-state index in [0.717, 1.165) is 0 Å². The highest BCUT2D eigenvalue weighted by Gasteiger charge is 2.57. The Kier molecular flexibility index (Phi) is 12.4. The monoisotopic (exact) mass is 764 g/mol. The minimum absolute atomic E-state index is 0.00841. The van der Waals surface area contributed by atoms with Gasteiger partial charge >= 0.3 is 12.1 Å². The van der Waals surface area contributed by atoms with Gasteiger partial charge in [-0.3, -0.25) is 14.2 Å². The lowest BCUT2D eigenvalue weighted by atomic mass is 10.1. The molecule has 2 N–H and O–H groups in total. The van der Waals surface area contributed by atoms with Crippen LogP contribution in [0.3, 0.4) is 0 Å². The third-order valence-corrected chi connectivity index (χ3v) is 18.6. The van der Waals surface area contributed by atoms with Crippen molar-refractivity contribution in [3.05, 3.63) is 48.5 Å². The van der Waals surface area contributed by atoms with E-state index < -0.39 is 75.9 Å². The Morgan fingerprint density at radius 2 is 1.73 bits per heavy atom. The van der Waals surface area contributed by atoms with Crippen LogP contribution in [0.15, 0.2) is 43.0 Å². The van der Waals surface area contributed by atoms with Crippen LogP contribution >= 0.6 is 7.29 Å². The number of benzene rings is 1. The first-order valence-corrected chi connectivity index (χ1v) is 21.8. The Bertz CT molecular complexity index is 1810. The molecule has 0 bridgehead atoms. The molecule has 18 heteroatoms. The lowest BCUT2D eigenvalue weighted by Gasteiger charge is -2.46. The minimum atomic E-state index is -5.16. The lowest BCUT2D eigenvalue weighted by molar-refractivity contribution is -0.174. The highest BCUT2D eigenvalue weighted by atomic mass is 31.2. The number of alkyl halides is 3. The lowest BCUT2D eigenvalue weighted by Crippen LogP contribution is -2.56. The van der Waals surface area contributed by atoms with Gasteiger partial charge in [-0.1, -0.05) is 66.7 Å². The first-order valence-electron chi connectivity index (χ1n) is 17.1. The SMILES string of the molecule is CC(C)P(=O)(C(C)C)N(CCC#N)[C@H]1[C@@H](O[Si](C)(C)C(C)(C)C)[C@H](n2cnc3c(NC(=O)c4ccccc4)ncnc32)O[C@@H]1CNC(=O)C(F)(F)F. The number of carbonyl (C=O) groups excluding carboxylic acids is 2. The van der Waals surface area contributed by atoms with Crippen LogP contribution in [-0.4, -0.2) is 93.2 Å². The summed E-state index contributed by atoms with van der Waals surface area (Å²) in [6, 6.07) is 9.64. The highest BCUT2D eigenvalue weighted by Crippen LogP contribution is 2.61. The van der Waals surface area contributed by atoms with E-state index in [2.05, 4.69) is 26.3 Å². The topological polar surface area (TPSA) is 164 Å². The number of rotatable bonds is 13. The fourth-order valence-electron chi connectivity index (χ4n) is 6.18. The van der Waals surface area contributed by atoms with Crippen LogP contribution < -0.4 is 10.6 Å². The maximum atomic E-state index is 15.2. The zero-order chi connectivity index (χ0) is 38.8. The third-order valence-electron chi connectivity index (χ3n) is 9.85. The fourth-order valence-corrected chi connectivity index (χ4v) is 11.0. The summed E-state index contributed by atoms with van der Waals surface area (Å²) in [5, 5.41) is 14.1. The van der Waals surface area contributed by atoms with E-state index in [1.54, 1.807) is 39.6 Å². The van der Waals surface area contributed by atoms with E-state index >= 15 is 4.57 Å². The Labute approximate surface area is 303 Å². The summed E-state index contributed by atoms with van der Waals surface area (Å²) in [6.07, 6.45) is -5.83. The Hall–Kier alpha value is -3.68. The van der Waals surface area contributed by atoms with Gasteiger partial charge in [-0.25, -0.2) is 19.6 Å². The molecule has 52 heavy (non-hydrogen) atoms. The van der Waals surface area contributed by atoms with Gasteiger partial charge < -0.3 is 24.4 Å². The Balaban J connectivity index is 1.93. The smallest absolute Gasteiger partial charge is 0.408 e. The van der Waals surface area contributed by atoms with Crippen LogP contribution in [0, 0.1) is 11.3 Å². The zero-order valence-corrected chi connectivity index (χ0v) is 32.8. The molecule has 1 aliphatic rings. The van der Waals surface area contributed by atoms with Gasteiger partial charge in [0.2, 0.25) is 0 Å². The molecule has 4 rings (SSSR count). The number of hydrogen-bond acceptors (Lipinski definition) is 9. The molecule has 1 saturated heterocycles. The molecule has 0 spiro atoms. The number of hydrogen-bond donors (Lipinski definition) is 2. The van der Waals surface area contributed by atoms with Crippen LogP contribution in [0.2, 0.25) is 18.1 Å². The molecule has 3 heterocycles. The number of fused-ring (bicyclic) bond motifs is 1. The summed E-state index contributed by atoms with van der Waals surface area (Å²) in [7, 11) is -6.16. The normalized spacial score (nSPS) is 20.1. The molecule has 0 saturated carbocycles. The number of aromatic nitrogens is 4. The molecule has 0 unspecified atom stereocenters. The Morgan fingerprint density at radius 1 is 1.10 bits per heavy atom. The second-order valence-electron chi connectivity index (χ2n) is 14.9. The number of imidazole rings is 1. The molecule has 0 radical (unpaired) electrons. The van der Waals surface area contributed by atoms with Crippen molar-refractivity contribution in [1.29, 1.82) is 5.26 Å². The first-order chi connectivity index (χ1) is 24.1. The van der Waals surface area contributed by atoms with Gasteiger partial charge in [0, 0.05) is 36.4 Å². The second kappa shape index (κ2) is 15.7. The molecular weight excluding hydrogens is 716 g/mol. The van der Waals surface area contributed by atoms with Crippen LogP contribution in [0.4, 0.5) is 19.0 Å². The van der Waals surface area contributed by atoms with Gasteiger partial charge in [-0.05, 0) is 30.3 Å². The Morgan fingerprint density at radius 3 is 2.29 bits per heavy atom. The van der Waals surface area contributed by atoms with E-state index in [9.17, 15) is 28.0 Å². The molecule has 0 aliphatic carbocycles. The number of amides is 2. The van der Waals surface area contributed by atoms with Crippen molar-refractivity contribution < 1.29 is 36.5 Å². The van der Waals surface area contributed by atoms with Crippen LogP contribution in [0.1, 0.15) is 71.5 Å². The van der Waals surface area contributed by atoms with Crippen LogP contribution in [0.5, 0.6) is 0 Å². The van der Waals surface area contributed by atoms with E-state index in [1.165, 1.54) is 12.7 Å². The quantitative estimate of drug-likeness (QED) is 0.141. The minimum Gasteiger partial charge on any atom is -0.408 e. The van der Waals surface area contributed by atoms with Gasteiger partial charge in [0.25, 0.3) is 5.91 Å². The number of nitriles is 1. The van der Waals surface area contributed by atoms with E-state index in [1.807, 2.05) is 66.9 Å². The van der Waals surface area contributed by atoms with Gasteiger partial charge in [0.15, 0.2) is 38.8 Å². The predicted octanol–water partition coefficient (Wildman–Crippen LogP) is 6.72. The summed E-state index contributed by atoms with van der Waals surface area (Å²) in [5.41, 5.74) is -0.00315. The van der Waals surface area contributed by atoms with Crippen LogP contribution in [-0.2, 0) is 18.5 Å². The second-order valence-corrected chi connectivity index (χ2v) is 23.6. The number of anilines is 1. The molecule has 13 nitrogen and oxygen atoms in total. The molecule has 284 valence electrons. The van der Waals surface area contributed by atoms with Gasteiger partial charge in [0.1, 0.15) is 12.4 Å². The third kappa shape index (κ3) is 8.42. The summed E-state index contributed by atoms with van der Waals surface area (Å²) in [6.45, 7) is 16.8. The average Bonchev–Trinajstić information content (AvgIpc) is 3.64. The number of nitrogens with one attached hydrogen (secondary N) is 2. The average molecular weight is 765 g/mol. The van der Waals surface area contributed by atoms with Crippen LogP contribution in [0.25, 0.3) is 11.2 Å². The summed E-state index contributed by atoms with van der Waals surface area (Å²) >= 11 is 0. The molecule has 2 amide bonds. The van der Waals surface area contributed by atoms with Gasteiger partial charge in [-0.2, -0.15) is 18.4 Å². The fraction of sp³-hybridized carbons (Fsp3) is 0.588. The van der Waals surface area contributed by atoms with Crippen molar-refractivity contribution in [3.8, 4) is 6.07 Å². The highest BCUT2D eigenvalue weighted by molar-refractivity contribution is 7.62. The molecule has 1 fully saturated rings. The number of nitrogens with zero attached hydrogens (tertiary/aromatic N) is 6. The standard InChI is InChI=1S/C34H48F3N8O5PSi/c1-21(2)51(48,22(3)4)45(17-13-16-38)26-24(18-39-32(47)34(35,36)37)49-31(27(26)50-52(8,9)33(5,6)7)44-20-42-25-28(40-19-41-29(25)44)43-30(46)23-14-11-10-12-15-23/h10-12,14-15,19-22,24,26-27,31H,13,17-18H2,1-9H3,(H,39,47)(H,40,41,43,46)/t24-,26-,27-,31-/m1/s1. The molecule has 3 aromatic rings. The van der Waals surface area contributed by atoms with E-state index in [-0.39, 0.29) is 35.0 Å². The number of ether oxygens (including phenoxy) is 1. The zero-order valence-electron chi connectivity index (χ0n) is 30.9. The van der Waals surface area contributed by atoms with Crippen molar-refractivity contribution in [2.24, 2.45) is 0 Å². The first kappa shape index (κ1) is 41.1. The van der Waals surface area contributed by atoms with Crippen molar-refractivity contribution in [3.63, 3.8) is 0 Å². The predicted molar refractivity (Wildman–Crippen MR) is 193 cm³/mol. The molecule has 4 atom stereocenters. The number of halogens is 3. The van der Waals surface area contributed by atoms with Gasteiger partial charge in [0.05, 0.1) is 24.5 Å². The van der Waals surface area contributed by atoms with Gasteiger partial charge in [-0.15, -0.1) is 0 Å². The molecule has 2 aromatic heterocycles. The maximum Gasteiger partial charge on any atom is 0.471 e. The summed E-state index contributed by atoms with van der Waals surface area (Å²) < 4.78 is 72.6. The molecule has 1 aromatic carbocycles. The van der Waals surface area contributed by atoms with E-state index in [0.29, 0.717) is 5.56 Å².